The predicted octanol–water partition coefficient (Wildman–Crippen LogP) is 0.572. The fourth-order valence-electron chi connectivity index (χ4n) is 3.38. The van der Waals surface area contributed by atoms with Gasteiger partial charge >= 0.3 is 0 Å². The zero-order valence-electron chi connectivity index (χ0n) is 10.8. The summed E-state index contributed by atoms with van der Waals surface area (Å²) < 4.78 is 0. The highest BCUT2D eigenvalue weighted by Crippen LogP contribution is 2.35. The summed E-state index contributed by atoms with van der Waals surface area (Å²) >= 11 is 0. The van der Waals surface area contributed by atoms with Gasteiger partial charge in [0.05, 0.1) is 0 Å². The maximum absolute atomic E-state index is 11.1. The van der Waals surface area contributed by atoms with Gasteiger partial charge < -0.3 is 16.0 Å². The molecular weight excluding hydrogens is 214 g/mol. The molecule has 0 aromatic carbocycles. The maximum atomic E-state index is 11.1. The smallest absolute Gasteiger partial charge is 0.219 e. The van der Waals surface area contributed by atoms with Gasteiger partial charge in [0.2, 0.25) is 5.91 Å². The summed E-state index contributed by atoms with van der Waals surface area (Å²) in [6.45, 7) is 3.40. The van der Waals surface area contributed by atoms with E-state index in [0.29, 0.717) is 18.4 Å². The molecule has 0 bridgehead atoms. The molecule has 1 saturated carbocycles. The molecule has 3 unspecified atom stereocenters. The number of carbonyl (C=O) groups excluding carboxylic acids is 1. The summed E-state index contributed by atoms with van der Waals surface area (Å²) in [5, 5.41) is 2.67. The van der Waals surface area contributed by atoms with E-state index in [4.69, 9.17) is 5.73 Å². The van der Waals surface area contributed by atoms with Crippen LogP contribution in [0.5, 0.6) is 0 Å². The van der Waals surface area contributed by atoms with Crippen molar-refractivity contribution in [3.8, 4) is 0 Å². The minimum atomic E-state index is 0.151. The van der Waals surface area contributed by atoms with Crippen LogP contribution in [0.1, 0.15) is 32.1 Å². The van der Waals surface area contributed by atoms with Gasteiger partial charge in [-0.15, -0.1) is 0 Å². The average molecular weight is 239 g/mol. The molecule has 1 aliphatic carbocycles. The van der Waals surface area contributed by atoms with Crippen LogP contribution >= 0.6 is 0 Å². The van der Waals surface area contributed by atoms with Gasteiger partial charge in [-0.25, -0.2) is 0 Å². The van der Waals surface area contributed by atoms with Crippen molar-refractivity contribution in [1.82, 2.24) is 10.2 Å². The molecule has 1 heterocycles. The first-order valence-electron chi connectivity index (χ1n) is 6.89. The second-order valence-corrected chi connectivity index (χ2v) is 5.55. The Morgan fingerprint density at radius 2 is 2.24 bits per heavy atom. The van der Waals surface area contributed by atoms with E-state index in [1.54, 1.807) is 7.05 Å². The molecule has 2 fully saturated rings. The normalized spacial score (nSPS) is 33.4. The van der Waals surface area contributed by atoms with Crippen molar-refractivity contribution in [2.45, 2.75) is 38.1 Å². The summed E-state index contributed by atoms with van der Waals surface area (Å²) in [7, 11) is 1.70. The first-order chi connectivity index (χ1) is 8.20. The lowest BCUT2D eigenvalue weighted by Gasteiger charge is -2.29. The van der Waals surface area contributed by atoms with Crippen LogP contribution in [0.2, 0.25) is 0 Å². The van der Waals surface area contributed by atoms with Crippen LogP contribution in [0.3, 0.4) is 0 Å². The Morgan fingerprint density at radius 3 is 2.94 bits per heavy atom. The first kappa shape index (κ1) is 12.8. The molecule has 4 heteroatoms. The van der Waals surface area contributed by atoms with Crippen LogP contribution in [0.4, 0.5) is 0 Å². The molecule has 0 radical (unpaired) electrons. The molecule has 4 nitrogen and oxygen atoms in total. The number of hydrogen-bond acceptors (Lipinski definition) is 3. The summed E-state index contributed by atoms with van der Waals surface area (Å²) in [5.41, 5.74) is 6.19. The average Bonchev–Trinajstić information content (AvgIpc) is 2.73. The Kier molecular flexibility index (Phi) is 4.40. The summed E-state index contributed by atoms with van der Waals surface area (Å²) in [4.78, 5) is 13.6. The number of carbonyl (C=O) groups is 1. The van der Waals surface area contributed by atoms with E-state index in [1.807, 2.05) is 0 Å². The quantitative estimate of drug-likeness (QED) is 0.754. The molecule has 0 aromatic heterocycles. The van der Waals surface area contributed by atoms with E-state index >= 15 is 0 Å². The fraction of sp³-hybridized carbons (Fsp3) is 0.923. The molecule has 0 aromatic rings. The fourth-order valence-corrected chi connectivity index (χ4v) is 3.38. The van der Waals surface area contributed by atoms with Gasteiger partial charge in [-0.05, 0) is 37.6 Å². The molecule has 1 aliphatic heterocycles. The summed E-state index contributed by atoms with van der Waals surface area (Å²) in [6, 6.07) is 0.415. The van der Waals surface area contributed by atoms with E-state index in [0.717, 1.165) is 25.4 Å². The Morgan fingerprint density at radius 1 is 1.41 bits per heavy atom. The standard InChI is InChI=1S/C13H25N3O/c1-15-13(17)6-3-7-16-8-10-4-2-5-12(14)11(10)9-16/h10-12H,2-9,14H2,1H3,(H,15,17). The number of nitrogens with two attached hydrogens (primary N) is 1. The number of rotatable bonds is 4. The van der Waals surface area contributed by atoms with Crippen molar-refractivity contribution >= 4 is 5.91 Å². The van der Waals surface area contributed by atoms with Gasteiger partial charge in [-0.3, -0.25) is 4.79 Å². The van der Waals surface area contributed by atoms with Crippen molar-refractivity contribution < 1.29 is 4.79 Å². The minimum absolute atomic E-state index is 0.151. The van der Waals surface area contributed by atoms with Crippen molar-refractivity contribution in [3.05, 3.63) is 0 Å². The topological polar surface area (TPSA) is 58.4 Å². The molecule has 1 saturated heterocycles. The third kappa shape index (κ3) is 3.19. The van der Waals surface area contributed by atoms with Gasteiger partial charge in [0.25, 0.3) is 0 Å². The molecule has 2 rings (SSSR count). The van der Waals surface area contributed by atoms with E-state index < -0.39 is 0 Å². The number of fused-ring (bicyclic) bond motifs is 1. The summed E-state index contributed by atoms with van der Waals surface area (Å²) in [6.07, 6.45) is 5.47. The molecule has 17 heavy (non-hydrogen) atoms. The predicted molar refractivity (Wildman–Crippen MR) is 68.5 cm³/mol. The van der Waals surface area contributed by atoms with Crippen LogP contribution < -0.4 is 11.1 Å². The van der Waals surface area contributed by atoms with E-state index in [1.165, 1.54) is 25.8 Å². The van der Waals surface area contributed by atoms with E-state index in [2.05, 4.69) is 10.2 Å². The highest BCUT2D eigenvalue weighted by molar-refractivity contribution is 5.75. The highest BCUT2D eigenvalue weighted by Gasteiger charge is 2.38. The molecular formula is C13H25N3O. The highest BCUT2D eigenvalue weighted by atomic mass is 16.1. The van der Waals surface area contributed by atoms with Gasteiger partial charge in [0.1, 0.15) is 0 Å². The molecule has 1 amide bonds. The molecule has 2 aliphatic rings. The molecule has 98 valence electrons. The van der Waals surface area contributed by atoms with Crippen molar-refractivity contribution in [2.75, 3.05) is 26.7 Å². The van der Waals surface area contributed by atoms with Crippen LogP contribution in [0.15, 0.2) is 0 Å². The second kappa shape index (κ2) is 5.83. The van der Waals surface area contributed by atoms with Gasteiger partial charge in [-0.1, -0.05) is 6.42 Å². The monoisotopic (exact) mass is 239 g/mol. The molecule has 0 spiro atoms. The zero-order valence-corrected chi connectivity index (χ0v) is 10.8. The third-order valence-corrected chi connectivity index (χ3v) is 4.39. The number of hydrogen-bond donors (Lipinski definition) is 2. The van der Waals surface area contributed by atoms with Crippen molar-refractivity contribution in [3.63, 3.8) is 0 Å². The number of likely N-dealkylation sites (tertiary alicyclic amines) is 1. The van der Waals surface area contributed by atoms with Gasteiger partial charge in [0, 0.05) is 32.6 Å². The number of amides is 1. The van der Waals surface area contributed by atoms with Crippen LogP contribution in [0.25, 0.3) is 0 Å². The first-order valence-corrected chi connectivity index (χ1v) is 6.89. The van der Waals surface area contributed by atoms with Crippen LogP contribution in [-0.2, 0) is 4.79 Å². The largest absolute Gasteiger partial charge is 0.359 e. The molecule has 3 N–H and O–H groups in total. The van der Waals surface area contributed by atoms with Gasteiger partial charge in [-0.2, -0.15) is 0 Å². The Balaban J connectivity index is 1.72. The van der Waals surface area contributed by atoms with E-state index in [9.17, 15) is 4.79 Å². The zero-order chi connectivity index (χ0) is 12.3. The Hall–Kier alpha value is -0.610. The van der Waals surface area contributed by atoms with Gasteiger partial charge in [0.15, 0.2) is 0 Å². The maximum Gasteiger partial charge on any atom is 0.219 e. The lowest BCUT2D eigenvalue weighted by Crippen LogP contribution is -2.38. The Labute approximate surface area is 104 Å². The number of nitrogens with one attached hydrogen (secondary N) is 1. The van der Waals surface area contributed by atoms with Crippen molar-refractivity contribution in [1.29, 1.82) is 0 Å². The van der Waals surface area contributed by atoms with E-state index in [-0.39, 0.29) is 5.91 Å². The summed E-state index contributed by atoms with van der Waals surface area (Å²) in [5.74, 6) is 1.68. The lowest BCUT2D eigenvalue weighted by molar-refractivity contribution is -0.120. The lowest BCUT2D eigenvalue weighted by atomic mass is 9.78. The van der Waals surface area contributed by atoms with Crippen molar-refractivity contribution in [2.24, 2.45) is 17.6 Å². The van der Waals surface area contributed by atoms with Crippen LogP contribution in [0, 0.1) is 11.8 Å². The minimum Gasteiger partial charge on any atom is -0.359 e. The SMILES string of the molecule is CNC(=O)CCCN1CC2CCCC(N)C2C1. The number of nitrogens with zero attached hydrogens (tertiary/aromatic N) is 1. The second-order valence-electron chi connectivity index (χ2n) is 5.55. The Bertz CT molecular complexity index is 269. The third-order valence-electron chi connectivity index (χ3n) is 4.39. The van der Waals surface area contributed by atoms with Crippen LogP contribution in [-0.4, -0.2) is 43.5 Å². The molecule has 3 atom stereocenters.